The van der Waals surface area contributed by atoms with Gasteiger partial charge in [0.25, 0.3) is 0 Å². The number of esters is 1. The summed E-state index contributed by atoms with van der Waals surface area (Å²) in [5.74, 6) is -1.39. The fraction of sp³-hybridized carbons (Fsp3) is 0.238. The van der Waals surface area contributed by atoms with Crippen LogP contribution in [-0.4, -0.2) is 29.7 Å². The zero-order valence-electron chi connectivity index (χ0n) is 15.2. The number of hydrogen-bond acceptors (Lipinski definition) is 5. The molecule has 2 heterocycles. The maximum absolute atomic E-state index is 13.6. The zero-order chi connectivity index (χ0) is 19.7. The van der Waals surface area contributed by atoms with E-state index in [1.807, 2.05) is 12.1 Å². The summed E-state index contributed by atoms with van der Waals surface area (Å²) in [5, 5.41) is 4.08. The van der Waals surface area contributed by atoms with Crippen molar-refractivity contribution in [2.45, 2.75) is 19.5 Å². The second kappa shape index (κ2) is 7.52. The maximum atomic E-state index is 13.6. The third-order valence-corrected chi connectivity index (χ3v) is 4.88. The summed E-state index contributed by atoms with van der Waals surface area (Å²) in [6.07, 6.45) is 0.687. The number of rotatable bonds is 4. The second-order valence-corrected chi connectivity index (χ2v) is 6.71. The Labute approximate surface area is 160 Å². The molecule has 0 amide bonds. The minimum atomic E-state index is -0.910. The van der Waals surface area contributed by atoms with Crippen molar-refractivity contribution in [1.82, 2.24) is 10.1 Å². The highest BCUT2D eigenvalue weighted by molar-refractivity contribution is 5.89. The number of hydrogen-bond donors (Lipinski definition) is 0. The van der Waals surface area contributed by atoms with Gasteiger partial charge in [0.1, 0.15) is 11.5 Å². The van der Waals surface area contributed by atoms with Crippen LogP contribution in [0.15, 0.2) is 47.0 Å². The highest BCUT2D eigenvalue weighted by atomic mass is 19.2. The Bertz CT molecular complexity index is 1010. The first-order valence-electron chi connectivity index (χ1n) is 8.87. The molecule has 144 valence electrons. The van der Waals surface area contributed by atoms with Crippen molar-refractivity contribution in [2.24, 2.45) is 0 Å². The molecule has 0 saturated carbocycles. The van der Waals surface area contributed by atoms with Gasteiger partial charge in [-0.3, -0.25) is 4.90 Å². The SMILES string of the molecule is COC(=O)c1ccc(CN2CCc3onc(-c4ccc(F)c(F)c4)c3C2)cc1. The standard InChI is InChI=1S/C21H18F2N2O3/c1-27-21(26)14-4-2-13(3-5-14)11-25-9-8-19-16(12-25)20(24-28-19)15-6-7-17(22)18(23)10-15/h2-7,10H,8-9,11-12H2,1H3. The third-order valence-electron chi connectivity index (χ3n) is 4.88. The van der Waals surface area contributed by atoms with Crippen LogP contribution in [0.4, 0.5) is 8.78 Å². The van der Waals surface area contributed by atoms with Gasteiger partial charge in [-0.05, 0) is 35.9 Å². The van der Waals surface area contributed by atoms with Gasteiger partial charge in [0, 0.05) is 37.2 Å². The average Bonchev–Trinajstić information content (AvgIpc) is 3.13. The molecule has 1 aromatic heterocycles. The monoisotopic (exact) mass is 384 g/mol. The van der Waals surface area contributed by atoms with E-state index in [1.54, 1.807) is 12.1 Å². The molecule has 0 radical (unpaired) electrons. The summed E-state index contributed by atoms with van der Waals surface area (Å²) in [4.78, 5) is 13.8. The summed E-state index contributed by atoms with van der Waals surface area (Å²) >= 11 is 0. The van der Waals surface area contributed by atoms with Crippen LogP contribution >= 0.6 is 0 Å². The van der Waals surface area contributed by atoms with E-state index in [2.05, 4.69) is 10.1 Å². The minimum Gasteiger partial charge on any atom is -0.465 e. The molecule has 1 aliphatic rings. The number of methoxy groups -OCH3 is 1. The first kappa shape index (κ1) is 18.3. The van der Waals surface area contributed by atoms with Gasteiger partial charge in [0.2, 0.25) is 0 Å². The normalized spacial score (nSPS) is 14.0. The van der Waals surface area contributed by atoms with Crippen molar-refractivity contribution in [2.75, 3.05) is 13.7 Å². The van der Waals surface area contributed by atoms with Crippen LogP contribution in [0.25, 0.3) is 11.3 Å². The Morgan fingerprint density at radius 3 is 2.68 bits per heavy atom. The summed E-state index contributed by atoms with van der Waals surface area (Å²) in [7, 11) is 1.35. The molecule has 3 aromatic rings. The van der Waals surface area contributed by atoms with Crippen molar-refractivity contribution in [3.63, 3.8) is 0 Å². The first-order chi connectivity index (χ1) is 13.5. The Morgan fingerprint density at radius 1 is 1.18 bits per heavy atom. The molecule has 2 aromatic carbocycles. The topological polar surface area (TPSA) is 55.6 Å². The highest BCUT2D eigenvalue weighted by Gasteiger charge is 2.25. The van der Waals surface area contributed by atoms with E-state index >= 15 is 0 Å². The number of benzene rings is 2. The largest absolute Gasteiger partial charge is 0.465 e. The van der Waals surface area contributed by atoms with Crippen molar-refractivity contribution in [1.29, 1.82) is 0 Å². The van der Waals surface area contributed by atoms with E-state index in [9.17, 15) is 13.6 Å². The molecule has 0 spiro atoms. The molecule has 0 unspecified atom stereocenters. The van der Waals surface area contributed by atoms with Crippen LogP contribution in [0, 0.1) is 11.6 Å². The first-order valence-corrected chi connectivity index (χ1v) is 8.87. The molecule has 4 rings (SSSR count). The fourth-order valence-corrected chi connectivity index (χ4v) is 3.39. The Balaban J connectivity index is 1.52. The number of carbonyl (C=O) groups excluding carboxylic acids is 1. The quantitative estimate of drug-likeness (QED) is 0.637. The Morgan fingerprint density at radius 2 is 1.96 bits per heavy atom. The highest BCUT2D eigenvalue weighted by Crippen LogP contribution is 2.31. The van der Waals surface area contributed by atoms with Gasteiger partial charge in [-0.25, -0.2) is 13.6 Å². The molecule has 0 bridgehead atoms. The van der Waals surface area contributed by atoms with E-state index < -0.39 is 11.6 Å². The second-order valence-electron chi connectivity index (χ2n) is 6.71. The van der Waals surface area contributed by atoms with Gasteiger partial charge in [-0.2, -0.15) is 0 Å². The van der Waals surface area contributed by atoms with Gasteiger partial charge in [0.05, 0.1) is 12.7 Å². The molecule has 0 atom stereocenters. The van der Waals surface area contributed by atoms with Crippen molar-refractivity contribution < 1.29 is 22.8 Å². The van der Waals surface area contributed by atoms with Crippen LogP contribution < -0.4 is 0 Å². The molecule has 0 saturated heterocycles. The lowest BCUT2D eigenvalue weighted by Crippen LogP contribution is -2.29. The Kier molecular flexibility index (Phi) is 4.92. The summed E-state index contributed by atoms with van der Waals surface area (Å²) in [6.45, 7) is 2.06. The van der Waals surface area contributed by atoms with Crippen LogP contribution in [0.3, 0.4) is 0 Å². The number of ether oxygens (including phenoxy) is 1. The van der Waals surface area contributed by atoms with Gasteiger partial charge in [-0.1, -0.05) is 17.3 Å². The molecule has 0 aliphatic carbocycles. The Hall–Kier alpha value is -3.06. The lowest BCUT2D eigenvalue weighted by atomic mass is 10.0. The minimum absolute atomic E-state index is 0.366. The zero-order valence-corrected chi connectivity index (χ0v) is 15.2. The lowest BCUT2D eigenvalue weighted by molar-refractivity contribution is 0.0600. The lowest BCUT2D eigenvalue weighted by Gasteiger charge is -2.26. The summed E-state index contributed by atoms with van der Waals surface area (Å²) in [5.41, 5.74) is 3.49. The summed E-state index contributed by atoms with van der Waals surface area (Å²) < 4.78 is 37.0. The number of carbonyl (C=O) groups is 1. The molecule has 0 N–H and O–H groups in total. The molecule has 1 aliphatic heterocycles. The van der Waals surface area contributed by atoms with Gasteiger partial charge >= 0.3 is 5.97 Å². The van der Waals surface area contributed by atoms with E-state index in [-0.39, 0.29) is 5.97 Å². The number of halogens is 2. The summed E-state index contributed by atoms with van der Waals surface area (Å²) in [6, 6.07) is 11.0. The van der Waals surface area contributed by atoms with Gasteiger partial charge in [-0.15, -0.1) is 0 Å². The van der Waals surface area contributed by atoms with Gasteiger partial charge in [0.15, 0.2) is 11.6 Å². The van der Waals surface area contributed by atoms with Crippen LogP contribution in [0.2, 0.25) is 0 Å². The van der Waals surface area contributed by atoms with Gasteiger partial charge < -0.3 is 9.26 Å². The molecule has 5 nitrogen and oxygen atoms in total. The number of aromatic nitrogens is 1. The molecule has 0 fully saturated rings. The predicted octanol–water partition coefficient (Wildman–Crippen LogP) is 3.96. The van der Waals surface area contributed by atoms with Crippen LogP contribution in [-0.2, 0) is 24.2 Å². The smallest absolute Gasteiger partial charge is 0.337 e. The van der Waals surface area contributed by atoms with E-state index in [1.165, 1.54) is 13.2 Å². The molecular formula is C21H18F2N2O3. The predicted molar refractivity (Wildman–Crippen MR) is 97.5 cm³/mol. The molecular weight excluding hydrogens is 366 g/mol. The number of fused-ring (bicyclic) bond motifs is 1. The van der Waals surface area contributed by atoms with E-state index in [0.29, 0.717) is 36.3 Å². The average molecular weight is 384 g/mol. The maximum Gasteiger partial charge on any atom is 0.337 e. The van der Waals surface area contributed by atoms with Crippen molar-refractivity contribution in [3.05, 3.63) is 76.5 Å². The van der Waals surface area contributed by atoms with E-state index in [4.69, 9.17) is 9.26 Å². The number of nitrogens with zero attached hydrogens (tertiary/aromatic N) is 2. The fourth-order valence-electron chi connectivity index (χ4n) is 3.39. The van der Waals surface area contributed by atoms with E-state index in [0.717, 1.165) is 35.6 Å². The molecule has 28 heavy (non-hydrogen) atoms. The third kappa shape index (κ3) is 3.53. The molecule has 7 heteroatoms. The van der Waals surface area contributed by atoms with Crippen molar-refractivity contribution in [3.8, 4) is 11.3 Å². The van der Waals surface area contributed by atoms with Crippen LogP contribution in [0.1, 0.15) is 27.2 Å². The van der Waals surface area contributed by atoms with Crippen LogP contribution in [0.5, 0.6) is 0 Å². The van der Waals surface area contributed by atoms with Crippen molar-refractivity contribution >= 4 is 5.97 Å².